The summed E-state index contributed by atoms with van der Waals surface area (Å²) in [5, 5.41) is 3.63. The summed E-state index contributed by atoms with van der Waals surface area (Å²) in [6.07, 6.45) is 1.59. The molecule has 0 saturated heterocycles. The zero-order valence-electron chi connectivity index (χ0n) is 11.2. The molecule has 20 heavy (non-hydrogen) atoms. The fraction of sp³-hybridized carbons (Fsp3) is 0.500. The molecule has 0 aliphatic heterocycles. The maximum absolute atomic E-state index is 12.1. The van der Waals surface area contributed by atoms with Crippen molar-refractivity contribution in [2.45, 2.75) is 31.9 Å². The molecule has 1 aliphatic carbocycles. The number of carbonyl (C=O) groups is 1. The van der Waals surface area contributed by atoms with Gasteiger partial charge >= 0.3 is 0 Å². The van der Waals surface area contributed by atoms with Gasteiger partial charge in [-0.05, 0) is 37.8 Å². The third-order valence-corrected chi connectivity index (χ3v) is 4.16. The molecule has 110 valence electrons. The molecule has 1 saturated carbocycles. The van der Waals surface area contributed by atoms with Crippen molar-refractivity contribution in [1.82, 2.24) is 5.32 Å². The number of hydrogen-bond donors (Lipinski definition) is 2. The van der Waals surface area contributed by atoms with Crippen LogP contribution in [0.15, 0.2) is 18.2 Å². The largest absolute Gasteiger partial charge is 0.479 e. The summed E-state index contributed by atoms with van der Waals surface area (Å²) in [7, 11) is 0. The Hall–Kier alpha value is -0.970. The number of rotatable bonds is 6. The summed E-state index contributed by atoms with van der Waals surface area (Å²) in [6.45, 7) is 2.12. The molecule has 4 nitrogen and oxygen atoms in total. The number of amides is 1. The first-order chi connectivity index (χ1) is 9.52. The first-order valence-electron chi connectivity index (χ1n) is 6.64. The van der Waals surface area contributed by atoms with Gasteiger partial charge in [-0.2, -0.15) is 0 Å². The van der Waals surface area contributed by atoms with E-state index in [1.165, 1.54) is 0 Å². The molecule has 0 bridgehead atoms. The molecule has 6 heteroatoms. The van der Waals surface area contributed by atoms with Crippen LogP contribution in [0.3, 0.4) is 0 Å². The van der Waals surface area contributed by atoms with Gasteiger partial charge in [0.15, 0.2) is 6.10 Å². The lowest BCUT2D eigenvalue weighted by molar-refractivity contribution is -0.128. The Bertz CT molecular complexity index is 492. The minimum atomic E-state index is -0.654. The number of carbonyl (C=O) groups excluding carboxylic acids is 1. The minimum absolute atomic E-state index is 0.0309. The Labute approximate surface area is 128 Å². The van der Waals surface area contributed by atoms with Gasteiger partial charge in [0.2, 0.25) is 0 Å². The lowest BCUT2D eigenvalue weighted by atomic mass is 10.2. The number of nitrogens with one attached hydrogen (secondary N) is 1. The van der Waals surface area contributed by atoms with E-state index in [9.17, 15) is 4.79 Å². The molecular formula is C14H18Cl2N2O2. The van der Waals surface area contributed by atoms with E-state index in [0.29, 0.717) is 28.3 Å². The molecule has 0 spiro atoms. The highest BCUT2D eigenvalue weighted by molar-refractivity contribution is 6.42. The summed E-state index contributed by atoms with van der Waals surface area (Å²) in [5.41, 5.74) is 5.66. The van der Waals surface area contributed by atoms with Crippen molar-refractivity contribution in [1.29, 1.82) is 0 Å². The van der Waals surface area contributed by atoms with Crippen molar-refractivity contribution in [2.75, 3.05) is 6.54 Å². The van der Waals surface area contributed by atoms with Gasteiger partial charge in [0.05, 0.1) is 5.02 Å². The van der Waals surface area contributed by atoms with E-state index < -0.39 is 6.10 Å². The van der Waals surface area contributed by atoms with Crippen LogP contribution < -0.4 is 15.8 Å². The van der Waals surface area contributed by atoms with Gasteiger partial charge in [0.25, 0.3) is 5.91 Å². The lowest BCUT2D eigenvalue weighted by Gasteiger charge is -2.20. The van der Waals surface area contributed by atoms with E-state index in [0.717, 1.165) is 12.8 Å². The fourth-order valence-corrected chi connectivity index (χ4v) is 2.32. The van der Waals surface area contributed by atoms with Crippen LogP contribution in [0.2, 0.25) is 10.0 Å². The first-order valence-corrected chi connectivity index (χ1v) is 7.39. The second kappa shape index (κ2) is 6.66. The van der Waals surface area contributed by atoms with E-state index in [-0.39, 0.29) is 11.9 Å². The van der Waals surface area contributed by atoms with Gasteiger partial charge in [-0.3, -0.25) is 4.79 Å². The topological polar surface area (TPSA) is 64.3 Å². The average Bonchev–Trinajstić information content (AvgIpc) is 3.25. The van der Waals surface area contributed by atoms with Gasteiger partial charge in [-0.25, -0.2) is 0 Å². The molecule has 1 aromatic carbocycles. The zero-order valence-corrected chi connectivity index (χ0v) is 12.7. The van der Waals surface area contributed by atoms with Crippen molar-refractivity contribution in [3.63, 3.8) is 0 Å². The second-order valence-corrected chi connectivity index (χ2v) is 5.79. The monoisotopic (exact) mass is 316 g/mol. The molecule has 0 radical (unpaired) electrons. The molecule has 2 atom stereocenters. The Kier molecular flexibility index (Phi) is 5.13. The maximum atomic E-state index is 12.1. The van der Waals surface area contributed by atoms with Crippen LogP contribution in [0.1, 0.15) is 19.8 Å². The highest BCUT2D eigenvalue weighted by atomic mass is 35.5. The summed E-state index contributed by atoms with van der Waals surface area (Å²) in [5.74, 6) is 0.715. The van der Waals surface area contributed by atoms with E-state index >= 15 is 0 Å². The smallest absolute Gasteiger partial charge is 0.261 e. The number of nitrogens with two attached hydrogens (primary N) is 1. The number of hydrogen-bond acceptors (Lipinski definition) is 3. The Morgan fingerprint density at radius 3 is 2.80 bits per heavy atom. The lowest BCUT2D eigenvalue weighted by Crippen LogP contribution is -2.46. The Morgan fingerprint density at radius 2 is 2.20 bits per heavy atom. The van der Waals surface area contributed by atoms with Crippen LogP contribution in [-0.4, -0.2) is 24.6 Å². The molecular weight excluding hydrogens is 299 g/mol. The summed E-state index contributed by atoms with van der Waals surface area (Å²) in [6, 6.07) is 5.10. The van der Waals surface area contributed by atoms with Gasteiger partial charge in [-0.15, -0.1) is 0 Å². The van der Waals surface area contributed by atoms with E-state index in [4.69, 9.17) is 33.7 Å². The van der Waals surface area contributed by atoms with Crippen molar-refractivity contribution in [3.05, 3.63) is 28.2 Å². The molecule has 1 aliphatic rings. The molecule has 0 aromatic heterocycles. The molecule has 2 unspecified atom stereocenters. The molecule has 3 N–H and O–H groups in total. The molecule has 1 amide bonds. The predicted molar refractivity (Wildman–Crippen MR) is 80.3 cm³/mol. The van der Waals surface area contributed by atoms with Crippen molar-refractivity contribution < 1.29 is 9.53 Å². The van der Waals surface area contributed by atoms with Gasteiger partial charge in [-0.1, -0.05) is 29.3 Å². The summed E-state index contributed by atoms with van der Waals surface area (Å²) >= 11 is 11.9. The minimum Gasteiger partial charge on any atom is -0.479 e. The zero-order chi connectivity index (χ0) is 14.7. The summed E-state index contributed by atoms with van der Waals surface area (Å²) < 4.78 is 5.56. The first kappa shape index (κ1) is 15.4. The Balaban J connectivity index is 1.94. The maximum Gasteiger partial charge on any atom is 0.261 e. The van der Waals surface area contributed by atoms with Gasteiger partial charge in [0.1, 0.15) is 10.8 Å². The highest BCUT2D eigenvalue weighted by Crippen LogP contribution is 2.33. The number of ether oxygens (including phenoxy) is 1. The van der Waals surface area contributed by atoms with Crippen LogP contribution in [0.25, 0.3) is 0 Å². The standard InChI is InChI=1S/C14H18Cl2N2O2/c1-8(14(19)18-11(7-17)9-5-6-9)20-12-4-2-3-10(15)13(12)16/h2-4,8-9,11H,5-7,17H2,1H3,(H,18,19). The number of benzene rings is 1. The summed E-state index contributed by atoms with van der Waals surface area (Å²) in [4.78, 5) is 12.1. The predicted octanol–water partition coefficient (Wildman–Crippen LogP) is 2.61. The molecule has 1 aromatic rings. The molecule has 1 fully saturated rings. The van der Waals surface area contributed by atoms with Crippen LogP contribution >= 0.6 is 23.2 Å². The molecule has 0 heterocycles. The van der Waals surface area contributed by atoms with Crippen LogP contribution in [-0.2, 0) is 4.79 Å². The van der Waals surface area contributed by atoms with Crippen LogP contribution in [0, 0.1) is 5.92 Å². The quantitative estimate of drug-likeness (QED) is 0.848. The van der Waals surface area contributed by atoms with Crippen LogP contribution in [0.5, 0.6) is 5.75 Å². The van der Waals surface area contributed by atoms with Crippen molar-refractivity contribution >= 4 is 29.1 Å². The number of halogens is 2. The van der Waals surface area contributed by atoms with Crippen LogP contribution in [0.4, 0.5) is 0 Å². The average molecular weight is 317 g/mol. The molecule has 2 rings (SSSR count). The van der Waals surface area contributed by atoms with Gasteiger partial charge in [0, 0.05) is 12.6 Å². The fourth-order valence-electron chi connectivity index (χ4n) is 1.99. The van der Waals surface area contributed by atoms with E-state index in [1.54, 1.807) is 25.1 Å². The normalized spacial score (nSPS) is 17.4. The van der Waals surface area contributed by atoms with Gasteiger partial charge < -0.3 is 15.8 Å². The highest BCUT2D eigenvalue weighted by Gasteiger charge is 2.32. The van der Waals surface area contributed by atoms with E-state index in [2.05, 4.69) is 5.32 Å². The second-order valence-electron chi connectivity index (χ2n) is 5.00. The third kappa shape index (κ3) is 3.78. The Morgan fingerprint density at radius 1 is 1.50 bits per heavy atom. The van der Waals surface area contributed by atoms with Crippen molar-refractivity contribution in [2.24, 2.45) is 11.7 Å². The third-order valence-electron chi connectivity index (χ3n) is 3.36. The SMILES string of the molecule is CC(Oc1cccc(Cl)c1Cl)C(=O)NC(CN)C1CC1. The van der Waals surface area contributed by atoms with Crippen molar-refractivity contribution in [3.8, 4) is 5.75 Å². The van der Waals surface area contributed by atoms with E-state index in [1.807, 2.05) is 0 Å².